The lowest BCUT2D eigenvalue weighted by atomic mass is 9.94. The number of aryl methyl sites for hydroxylation is 1. The summed E-state index contributed by atoms with van der Waals surface area (Å²) in [7, 11) is 1.80. The molecule has 164 valence electrons. The van der Waals surface area contributed by atoms with Crippen molar-refractivity contribution >= 4 is 0 Å². The lowest BCUT2D eigenvalue weighted by Gasteiger charge is -2.18. The average molecular weight is 428 g/mol. The number of benzene rings is 1. The topological polar surface area (TPSA) is 97.6 Å². The Kier molecular flexibility index (Phi) is 6.48. The molecule has 1 aromatic carbocycles. The van der Waals surface area contributed by atoms with Crippen LogP contribution < -0.4 is 11.3 Å². The van der Waals surface area contributed by atoms with Crippen LogP contribution in [0.4, 0.5) is 0 Å². The first kappa shape index (κ1) is 21.9. The van der Waals surface area contributed by atoms with E-state index >= 15 is 0 Å². The molecule has 2 atom stereocenters. The Bertz CT molecular complexity index is 1190. The fraction of sp³-hybridized carbons (Fsp3) is 0.385. The highest BCUT2D eigenvalue weighted by atomic mass is 16.1. The number of nitrogens with zero attached hydrogens (tertiary/aromatic N) is 4. The lowest BCUT2D eigenvalue weighted by Crippen LogP contribution is -2.27. The molecule has 2 heterocycles. The van der Waals surface area contributed by atoms with Gasteiger partial charge in [-0.25, -0.2) is 4.98 Å². The predicted molar refractivity (Wildman–Crippen MR) is 126 cm³/mol. The molecule has 3 aromatic rings. The van der Waals surface area contributed by atoms with Gasteiger partial charge in [-0.1, -0.05) is 25.0 Å². The first-order chi connectivity index (χ1) is 15.5. The molecule has 0 amide bonds. The largest absolute Gasteiger partial charge is 0.328 e. The second kappa shape index (κ2) is 9.46. The Morgan fingerprint density at radius 1 is 1.09 bits per heavy atom. The molecular formula is C26H29N5O. The third-order valence-corrected chi connectivity index (χ3v) is 6.45. The van der Waals surface area contributed by atoms with Crippen LogP contribution in [0.25, 0.3) is 22.5 Å². The number of rotatable bonds is 4. The maximum absolute atomic E-state index is 13.4. The standard InChI is InChI=1S/C26H29N5O/c1-17-6-10-21(16-29-17)25-24(20-11-7-19(15-27)8-12-20)30-23(26(32)31(25)2)14-18-4-3-5-22(28)13-9-18/h6-8,10-12,16,18,22H,3-5,9,13-14,28H2,1-2H3. The van der Waals surface area contributed by atoms with E-state index in [9.17, 15) is 10.1 Å². The molecular weight excluding hydrogens is 398 g/mol. The number of aromatic nitrogens is 3. The Morgan fingerprint density at radius 3 is 2.53 bits per heavy atom. The zero-order valence-corrected chi connectivity index (χ0v) is 18.7. The van der Waals surface area contributed by atoms with E-state index in [1.54, 1.807) is 29.9 Å². The van der Waals surface area contributed by atoms with E-state index in [0.717, 1.165) is 60.3 Å². The molecule has 1 fully saturated rings. The fourth-order valence-corrected chi connectivity index (χ4v) is 4.55. The van der Waals surface area contributed by atoms with E-state index in [4.69, 9.17) is 10.7 Å². The molecule has 0 bridgehead atoms. The SMILES string of the molecule is Cc1ccc(-c2c(-c3ccc(C#N)cc3)nc(CC3CCCC(N)CC3)c(=O)n2C)cn1. The Balaban J connectivity index is 1.82. The first-order valence-electron chi connectivity index (χ1n) is 11.3. The van der Waals surface area contributed by atoms with Crippen molar-refractivity contribution in [3.05, 3.63) is 69.9 Å². The van der Waals surface area contributed by atoms with Gasteiger partial charge in [0.1, 0.15) is 5.69 Å². The Hall–Kier alpha value is -3.30. The van der Waals surface area contributed by atoms with Gasteiger partial charge in [-0.2, -0.15) is 5.26 Å². The molecule has 0 saturated heterocycles. The predicted octanol–water partition coefficient (Wildman–Crippen LogP) is 4.14. The van der Waals surface area contributed by atoms with Crippen LogP contribution in [0.1, 0.15) is 49.1 Å². The molecule has 6 nitrogen and oxygen atoms in total. The zero-order valence-electron chi connectivity index (χ0n) is 18.7. The molecule has 1 aliphatic carbocycles. The molecule has 6 heteroatoms. The van der Waals surface area contributed by atoms with Gasteiger partial charge >= 0.3 is 0 Å². The summed E-state index contributed by atoms with van der Waals surface area (Å²) in [4.78, 5) is 22.7. The van der Waals surface area contributed by atoms with E-state index in [1.807, 2.05) is 31.2 Å². The molecule has 0 spiro atoms. The lowest BCUT2D eigenvalue weighted by molar-refractivity contribution is 0.447. The molecule has 32 heavy (non-hydrogen) atoms. The summed E-state index contributed by atoms with van der Waals surface area (Å²) < 4.78 is 1.70. The van der Waals surface area contributed by atoms with Gasteiger partial charge in [-0.05, 0) is 62.8 Å². The van der Waals surface area contributed by atoms with E-state index < -0.39 is 0 Å². The summed E-state index contributed by atoms with van der Waals surface area (Å²) in [6.07, 6.45) is 7.71. The molecule has 2 N–H and O–H groups in total. The molecule has 4 rings (SSSR count). The molecule has 1 aliphatic rings. The van der Waals surface area contributed by atoms with Crippen LogP contribution in [0.2, 0.25) is 0 Å². The van der Waals surface area contributed by atoms with Crippen molar-refractivity contribution in [1.82, 2.24) is 14.5 Å². The second-order valence-corrected chi connectivity index (χ2v) is 8.84. The molecule has 2 unspecified atom stereocenters. The van der Waals surface area contributed by atoms with Crippen LogP contribution in [-0.4, -0.2) is 20.6 Å². The van der Waals surface area contributed by atoms with Gasteiger partial charge in [0.2, 0.25) is 0 Å². The average Bonchev–Trinajstić information content (AvgIpc) is 3.01. The Labute approximate surface area is 188 Å². The van der Waals surface area contributed by atoms with Gasteiger partial charge in [0.25, 0.3) is 5.56 Å². The third kappa shape index (κ3) is 4.63. The van der Waals surface area contributed by atoms with E-state index in [1.165, 1.54) is 0 Å². The highest BCUT2D eigenvalue weighted by molar-refractivity contribution is 5.78. The smallest absolute Gasteiger partial charge is 0.272 e. The van der Waals surface area contributed by atoms with E-state index in [2.05, 4.69) is 11.1 Å². The number of nitriles is 1. The summed E-state index contributed by atoms with van der Waals surface area (Å²) in [5.41, 5.74) is 11.4. The van der Waals surface area contributed by atoms with Crippen molar-refractivity contribution in [2.45, 2.75) is 51.5 Å². The van der Waals surface area contributed by atoms with Crippen LogP contribution in [0.3, 0.4) is 0 Å². The molecule has 0 radical (unpaired) electrons. The quantitative estimate of drug-likeness (QED) is 0.631. The van der Waals surface area contributed by atoms with Gasteiger partial charge in [-0.15, -0.1) is 0 Å². The summed E-state index contributed by atoms with van der Waals surface area (Å²) >= 11 is 0. The minimum atomic E-state index is -0.0634. The van der Waals surface area contributed by atoms with E-state index in [-0.39, 0.29) is 11.6 Å². The van der Waals surface area contributed by atoms with Gasteiger partial charge < -0.3 is 10.3 Å². The van der Waals surface area contributed by atoms with Crippen LogP contribution in [0.15, 0.2) is 47.4 Å². The van der Waals surface area contributed by atoms with Crippen molar-refractivity contribution in [2.75, 3.05) is 0 Å². The van der Waals surface area contributed by atoms with Crippen LogP contribution in [-0.2, 0) is 13.5 Å². The first-order valence-corrected chi connectivity index (χ1v) is 11.3. The fourth-order valence-electron chi connectivity index (χ4n) is 4.55. The van der Waals surface area contributed by atoms with Crippen molar-refractivity contribution in [3.8, 4) is 28.6 Å². The van der Waals surface area contributed by atoms with Gasteiger partial charge in [-0.3, -0.25) is 9.78 Å². The Morgan fingerprint density at radius 2 is 1.84 bits per heavy atom. The maximum atomic E-state index is 13.4. The highest BCUT2D eigenvalue weighted by Gasteiger charge is 2.22. The van der Waals surface area contributed by atoms with Crippen LogP contribution >= 0.6 is 0 Å². The number of hydrogen-bond donors (Lipinski definition) is 1. The summed E-state index contributed by atoms with van der Waals surface area (Å²) in [5.74, 6) is 0.421. The summed E-state index contributed by atoms with van der Waals surface area (Å²) in [6.45, 7) is 1.93. The monoisotopic (exact) mass is 427 g/mol. The van der Waals surface area contributed by atoms with Crippen molar-refractivity contribution in [1.29, 1.82) is 5.26 Å². The minimum Gasteiger partial charge on any atom is -0.328 e. The van der Waals surface area contributed by atoms with Gasteiger partial charge in [0.05, 0.1) is 23.0 Å². The van der Waals surface area contributed by atoms with Gasteiger partial charge in [0, 0.05) is 36.1 Å². The van der Waals surface area contributed by atoms with Crippen molar-refractivity contribution in [2.24, 2.45) is 18.7 Å². The second-order valence-electron chi connectivity index (χ2n) is 8.84. The van der Waals surface area contributed by atoms with Crippen molar-refractivity contribution in [3.63, 3.8) is 0 Å². The maximum Gasteiger partial charge on any atom is 0.272 e. The highest BCUT2D eigenvalue weighted by Crippen LogP contribution is 2.31. The zero-order chi connectivity index (χ0) is 22.7. The van der Waals surface area contributed by atoms with E-state index in [0.29, 0.717) is 23.6 Å². The number of nitrogens with two attached hydrogens (primary N) is 1. The molecule has 1 saturated carbocycles. The summed E-state index contributed by atoms with van der Waals surface area (Å²) in [6, 6.07) is 13.7. The van der Waals surface area contributed by atoms with Crippen LogP contribution in [0.5, 0.6) is 0 Å². The van der Waals surface area contributed by atoms with Crippen LogP contribution in [0, 0.1) is 24.2 Å². The molecule has 0 aliphatic heterocycles. The summed E-state index contributed by atoms with van der Waals surface area (Å²) in [5, 5.41) is 9.18. The third-order valence-electron chi connectivity index (χ3n) is 6.45. The van der Waals surface area contributed by atoms with Gasteiger partial charge in [0.15, 0.2) is 0 Å². The molecule has 2 aromatic heterocycles. The number of pyridine rings is 1. The van der Waals surface area contributed by atoms with Crippen molar-refractivity contribution < 1.29 is 0 Å². The minimum absolute atomic E-state index is 0.0634. The normalized spacial score (nSPS) is 18.7. The number of hydrogen-bond acceptors (Lipinski definition) is 5.